The van der Waals surface area contributed by atoms with Gasteiger partial charge in [-0.2, -0.15) is 0 Å². The van der Waals surface area contributed by atoms with Gasteiger partial charge in [0, 0.05) is 15.5 Å². The van der Waals surface area contributed by atoms with E-state index in [1.807, 2.05) is 24.3 Å². The molecular weight excluding hydrogens is 301 g/mol. The Hall–Kier alpha value is -0.290. The number of benzene rings is 1. The molecule has 0 spiro atoms. The Morgan fingerprint density at radius 3 is 2.53 bits per heavy atom. The quantitative estimate of drug-likeness (QED) is 0.869. The van der Waals surface area contributed by atoms with Gasteiger partial charge in [0.05, 0.1) is 0 Å². The highest BCUT2D eigenvalue weighted by atomic mass is 127. The van der Waals surface area contributed by atoms with Crippen LogP contribution in [0.3, 0.4) is 0 Å². The number of hydrogen-bond donors (Lipinski definition) is 1. The smallest absolute Gasteiger partial charge is 0.120 e. The topological polar surface area (TPSA) is 35.2 Å². The van der Waals surface area contributed by atoms with E-state index in [4.69, 9.17) is 10.5 Å². The van der Waals surface area contributed by atoms with Crippen LogP contribution in [0.1, 0.15) is 20.8 Å². The number of hydrogen-bond acceptors (Lipinski definition) is 2. The summed E-state index contributed by atoms with van der Waals surface area (Å²) < 4.78 is 7.05. The fourth-order valence-corrected chi connectivity index (χ4v) is 1.80. The standard InChI is InChI=1S/C12H18INO/c1-12(2,3)11(8-14)15-10-6-4-5-9(13)7-10/h4-7,11H,8,14H2,1-3H3. The molecule has 1 aromatic carbocycles. The van der Waals surface area contributed by atoms with E-state index in [1.165, 1.54) is 3.57 Å². The second-order valence-corrected chi connectivity index (χ2v) is 5.91. The number of rotatable bonds is 3. The van der Waals surface area contributed by atoms with Crippen LogP contribution in [-0.4, -0.2) is 12.6 Å². The molecule has 2 nitrogen and oxygen atoms in total. The van der Waals surface area contributed by atoms with Crippen LogP contribution in [-0.2, 0) is 0 Å². The van der Waals surface area contributed by atoms with E-state index in [0.717, 1.165) is 5.75 Å². The second kappa shape index (κ2) is 5.16. The summed E-state index contributed by atoms with van der Waals surface area (Å²) >= 11 is 2.27. The molecule has 2 N–H and O–H groups in total. The summed E-state index contributed by atoms with van der Waals surface area (Å²) in [6.45, 7) is 6.95. The molecule has 15 heavy (non-hydrogen) atoms. The van der Waals surface area contributed by atoms with Gasteiger partial charge < -0.3 is 10.5 Å². The zero-order valence-corrected chi connectivity index (χ0v) is 11.6. The molecule has 0 amide bonds. The zero-order chi connectivity index (χ0) is 11.5. The lowest BCUT2D eigenvalue weighted by Gasteiger charge is -2.30. The molecule has 0 aliphatic rings. The summed E-state index contributed by atoms with van der Waals surface area (Å²) in [7, 11) is 0. The molecule has 3 heteroatoms. The van der Waals surface area contributed by atoms with E-state index in [0.29, 0.717) is 6.54 Å². The van der Waals surface area contributed by atoms with Crippen LogP contribution in [0.15, 0.2) is 24.3 Å². The van der Waals surface area contributed by atoms with Crippen LogP contribution in [0, 0.1) is 8.99 Å². The van der Waals surface area contributed by atoms with Crippen LogP contribution in [0.5, 0.6) is 5.75 Å². The van der Waals surface area contributed by atoms with Crippen LogP contribution >= 0.6 is 22.6 Å². The first kappa shape index (κ1) is 12.8. The minimum Gasteiger partial charge on any atom is -0.489 e. The monoisotopic (exact) mass is 319 g/mol. The van der Waals surface area contributed by atoms with E-state index in [1.54, 1.807) is 0 Å². The van der Waals surface area contributed by atoms with E-state index in [-0.39, 0.29) is 11.5 Å². The minimum atomic E-state index is 0.0516. The normalized spacial score (nSPS) is 13.7. The van der Waals surface area contributed by atoms with Crippen LogP contribution in [0.4, 0.5) is 0 Å². The van der Waals surface area contributed by atoms with Gasteiger partial charge in [-0.25, -0.2) is 0 Å². The Labute approximate surface area is 105 Å². The maximum Gasteiger partial charge on any atom is 0.120 e. The Morgan fingerprint density at radius 1 is 1.40 bits per heavy atom. The Kier molecular flexibility index (Phi) is 4.40. The summed E-state index contributed by atoms with van der Waals surface area (Å²) in [5, 5.41) is 0. The van der Waals surface area contributed by atoms with Crippen molar-refractivity contribution in [2.24, 2.45) is 11.1 Å². The van der Waals surface area contributed by atoms with Crippen molar-refractivity contribution in [3.8, 4) is 5.75 Å². The molecule has 1 rings (SSSR count). The molecule has 0 fully saturated rings. The lowest BCUT2D eigenvalue weighted by molar-refractivity contribution is 0.0941. The largest absolute Gasteiger partial charge is 0.489 e. The Balaban J connectivity index is 2.76. The van der Waals surface area contributed by atoms with Gasteiger partial charge in [0.15, 0.2) is 0 Å². The Morgan fingerprint density at radius 2 is 2.07 bits per heavy atom. The van der Waals surface area contributed by atoms with Crippen molar-refractivity contribution in [2.45, 2.75) is 26.9 Å². The van der Waals surface area contributed by atoms with Crippen molar-refractivity contribution in [1.29, 1.82) is 0 Å². The molecular formula is C12H18INO. The number of ether oxygens (including phenoxy) is 1. The van der Waals surface area contributed by atoms with Crippen molar-refractivity contribution in [3.05, 3.63) is 27.8 Å². The summed E-state index contributed by atoms with van der Waals surface area (Å²) in [4.78, 5) is 0. The molecule has 0 bridgehead atoms. The highest BCUT2D eigenvalue weighted by molar-refractivity contribution is 14.1. The zero-order valence-electron chi connectivity index (χ0n) is 9.46. The molecule has 1 aromatic rings. The van der Waals surface area contributed by atoms with Gasteiger partial charge in [-0.05, 0) is 40.8 Å². The van der Waals surface area contributed by atoms with Crippen molar-refractivity contribution < 1.29 is 4.74 Å². The van der Waals surface area contributed by atoms with Crippen molar-refractivity contribution >= 4 is 22.6 Å². The molecule has 84 valence electrons. The predicted octanol–water partition coefficient (Wildman–Crippen LogP) is 3.04. The molecule has 0 heterocycles. The first-order valence-electron chi connectivity index (χ1n) is 5.06. The number of nitrogens with two attached hydrogens (primary N) is 1. The predicted molar refractivity (Wildman–Crippen MR) is 72.1 cm³/mol. The van der Waals surface area contributed by atoms with Crippen LogP contribution in [0.2, 0.25) is 0 Å². The summed E-state index contributed by atoms with van der Waals surface area (Å²) in [5.74, 6) is 0.896. The average molecular weight is 319 g/mol. The molecule has 0 radical (unpaired) electrons. The van der Waals surface area contributed by atoms with Gasteiger partial charge >= 0.3 is 0 Å². The van der Waals surface area contributed by atoms with E-state index >= 15 is 0 Å². The van der Waals surface area contributed by atoms with Crippen LogP contribution in [0.25, 0.3) is 0 Å². The fraction of sp³-hybridized carbons (Fsp3) is 0.500. The maximum atomic E-state index is 5.88. The summed E-state index contributed by atoms with van der Waals surface area (Å²) in [5.41, 5.74) is 5.78. The third kappa shape index (κ3) is 3.99. The lowest BCUT2D eigenvalue weighted by atomic mass is 9.89. The molecule has 0 saturated carbocycles. The van der Waals surface area contributed by atoms with E-state index in [2.05, 4.69) is 43.4 Å². The molecule has 1 unspecified atom stereocenters. The molecule has 0 aromatic heterocycles. The highest BCUT2D eigenvalue weighted by Crippen LogP contribution is 2.25. The van der Waals surface area contributed by atoms with Gasteiger partial charge in [-0.1, -0.05) is 26.8 Å². The first-order chi connectivity index (χ1) is 6.93. The molecule has 1 atom stereocenters. The lowest BCUT2D eigenvalue weighted by Crippen LogP contribution is -2.38. The minimum absolute atomic E-state index is 0.0516. The second-order valence-electron chi connectivity index (χ2n) is 4.67. The van der Waals surface area contributed by atoms with E-state index < -0.39 is 0 Å². The van der Waals surface area contributed by atoms with Crippen LogP contribution < -0.4 is 10.5 Å². The summed E-state index contributed by atoms with van der Waals surface area (Å²) in [6, 6.07) is 8.03. The van der Waals surface area contributed by atoms with Crippen molar-refractivity contribution in [1.82, 2.24) is 0 Å². The van der Waals surface area contributed by atoms with Crippen molar-refractivity contribution in [2.75, 3.05) is 6.54 Å². The SMILES string of the molecule is CC(C)(C)C(CN)Oc1cccc(I)c1. The van der Waals surface area contributed by atoms with Gasteiger partial charge in [0.2, 0.25) is 0 Å². The average Bonchev–Trinajstić information content (AvgIpc) is 2.12. The first-order valence-corrected chi connectivity index (χ1v) is 6.13. The maximum absolute atomic E-state index is 5.88. The third-order valence-electron chi connectivity index (χ3n) is 2.25. The third-order valence-corrected chi connectivity index (χ3v) is 2.93. The van der Waals surface area contributed by atoms with Crippen molar-refractivity contribution in [3.63, 3.8) is 0 Å². The van der Waals surface area contributed by atoms with Gasteiger partial charge in [-0.15, -0.1) is 0 Å². The van der Waals surface area contributed by atoms with Gasteiger partial charge in [-0.3, -0.25) is 0 Å². The molecule has 0 aliphatic heterocycles. The summed E-state index contributed by atoms with van der Waals surface area (Å²) in [6.07, 6.45) is 0.0516. The highest BCUT2D eigenvalue weighted by Gasteiger charge is 2.24. The van der Waals surface area contributed by atoms with Gasteiger partial charge in [0.1, 0.15) is 11.9 Å². The molecule has 0 saturated heterocycles. The fourth-order valence-electron chi connectivity index (χ4n) is 1.28. The van der Waals surface area contributed by atoms with Gasteiger partial charge in [0.25, 0.3) is 0 Å². The Bertz CT molecular complexity index is 320. The van der Waals surface area contributed by atoms with E-state index in [9.17, 15) is 0 Å². The number of halogens is 1. The molecule has 0 aliphatic carbocycles.